The van der Waals surface area contributed by atoms with Crippen molar-refractivity contribution < 1.29 is 43.2 Å². The van der Waals surface area contributed by atoms with E-state index in [1.165, 1.54) is 0 Å². The SMILES string of the molecule is C.C.CCCO.CCCOC(=O)CN.CCCOC(=O)CN(C)C.CCCOC(=O)CN(C)C.Cl.NCOC=O. The van der Waals surface area contributed by atoms with Crippen LogP contribution >= 0.6 is 12.4 Å². The first kappa shape index (κ1) is 57.8. The Hall–Kier alpha value is -2.03. The number of carbonyl (C=O) groups excluding carboxylic acids is 4. The molecule has 0 aliphatic rings. The van der Waals surface area contributed by atoms with Crippen LogP contribution in [0, 0.1) is 0 Å². The van der Waals surface area contributed by atoms with Gasteiger partial charge >= 0.3 is 17.9 Å². The monoisotopic (exact) mass is 610 g/mol. The second-order valence-electron chi connectivity index (χ2n) is 7.49. The van der Waals surface area contributed by atoms with Crippen LogP contribution in [-0.4, -0.2) is 120 Å². The van der Waals surface area contributed by atoms with E-state index in [0.29, 0.717) is 46.0 Å². The zero-order valence-corrected chi connectivity index (χ0v) is 25.5. The van der Waals surface area contributed by atoms with E-state index in [1.807, 2.05) is 55.9 Å². The second kappa shape index (κ2) is 53.3. The average molecular weight is 611 g/mol. The number of likely N-dealkylation sites (N-methyl/N-ethyl adjacent to an activating group) is 2. The molecule has 0 aromatic heterocycles. The molecular weight excluding hydrogens is 548 g/mol. The number of halogens is 1. The number of aliphatic hydroxyl groups excluding tert-OH is 1. The predicted octanol–water partition coefficient (Wildman–Crippen LogP) is 2.06. The average Bonchev–Trinajstić information content (AvgIpc) is 2.85. The van der Waals surface area contributed by atoms with Crippen LogP contribution in [0.15, 0.2) is 0 Å². The number of hydrogen-bond acceptors (Lipinski definition) is 13. The van der Waals surface area contributed by atoms with Crippen LogP contribution in [0.2, 0.25) is 0 Å². The Morgan fingerprint density at radius 3 is 1.15 bits per heavy atom. The van der Waals surface area contributed by atoms with Crippen LogP contribution in [0.5, 0.6) is 0 Å². The lowest BCUT2D eigenvalue weighted by atomic mass is 10.5. The van der Waals surface area contributed by atoms with E-state index in [-0.39, 0.29) is 58.4 Å². The number of hydrogen-bond donors (Lipinski definition) is 3. The molecule has 0 amide bonds. The molecule has 0 saturated carbocycles. The van der Waals surface area contributed by atoms with E-state index in [0.717, 1.165) is 25.7 Å². The number of nitrogens with zero attached hydrogens (tertiary/aromatic N) is 2. The van der Waals surface area contributed by atoms with Gasteiger partial charge in [0.25, 0.3) is 6.47 Å². The Morgan fingerprint density at radius 2 is 1.00 bits per heavy atom. The lowest BCUT2D eigenvalue weighted by Crippen LogP contribution is -2.23. The van der Waals surface area contributed by atoms with Gasteiger partial charge in [-0.25, -0.2) is 0 Å². The molecule has 40 heavy (non-hydrogen) atoms. The fourth-order valence-corrected chi connectivity index (χ4v) is 1.35. The van der Waals surface area contributed by atoms with Crippen LogP contribution < -0.4 is 11.5 Å². The summed E-state index contributed by atoms with van der Waals surface area (Å²) in [7, 11) is 7.36. The summed E-state index contributed by atoms with van der Waals surface area (Å²) in [4.78, 5) is 44.4. The van der Waals surface area contributed by atoms with Gasteiger partial charge in [0, 0.05) is 6.61 Å². The van der Waals surface area contributed by atoms with Gasteiger partial charge in [0.05, 0.1) is 39.5 Å². The fraction of sp³-hybridized carbons (Fsp3) is 0.846. The molecule has 0 saturated heterocycles. The van der Waals surface area contributed by atoms with Crippen LogP contribution in [0.3, 0.4) is 0 Å². The van der Waals surface area contributed by atoms with E-state index >= 15 is 0 Å². The normalized spacial score (nSPS) is 8.32. The molecule has 0 atom stereocenters. The van der Waals surface area contributed by atoms with Gasteiger partial charge in [-0.3, -0.25) is 34.7 Å². The van der Waals surface area contributed by atoms with Crippen molar-refractivity contribution in [1.29, 1.82) is 0 Å². The quantitative estimate of drug-likeness (QED) is 0.112. The van der Waals surface area contributed by atoms with E-state index < -0.39 is 0 Å². The highest BCUT2D eigenvalue weighted by Gasteiger charge is 2.02. The highest BCUT2D eigenvalue weighted by molar-refractivity contribution is 5.85. The maximum atomic E-state index is 10.7. The third kappa shape index (κ3) is 83.4. The second-order valence-corrected chi connectivity index (χ2v) is 7.49. The van der Waals surface area contributed by atoms with Crippen molar-refractivity contribution in [3.63, 3.8) is 0 Å². The number of ether oxygens (including phenoxy) is 4. The summed E-state index contributed by atoms with van der Waals surface area (Å²) < 4.78 is 18.1. The Balaban J connectivity index is -0.0000000542. The van der Waals surface area contributed by atoms with Gasteiger partial charge in [0.2, 0.25) is 0 Å². The molecule has 0 fully saturated rings. The Labute approximate surface area is 250 Å². The summed E-state index contributed by atoms with van der Waals surface area (Å²) in [6.07, 6.45) is 3.50. The van der Waals surface area contributed by atoms with Crippen molar-refractivity contribution in [3.8, 4) is 0 Å². The van der Waals surface area contributed by atoms with Crippen molar-refractivity contribution in [1.82, 2.24) is 9.80 Å². The van der Waals surface area contributed by atoms with Gasteiger partial charge in [0.1, 0.15) is 6.73 Å². The number of aliphatic hydroxyl groups is 1. The van der Waals surface area contributed by atoms with Crippen LogP contribution in [0.4, 0.5) is 0 Å². The van der Waals surface area contributed by atoms with Gasteiger partial charge in [0.15, 0.2) is 0 Å². The summed E-state index contributed by atoms with van der Waals surface area (Å²) in [6, 6.07) is 0. The van der Waals surface area contributed by atoms with Crippen molar-refractivity contribution in [2.45, 2.75) is 68.2 Å². The third-order valence-electron chi connectivity index (χ3n) is 2.85. The lowest BCUT2D eigenvalue weighted by Gasteiger charge is -2.07. The molecule has 0 aliphatic heterocycles. The minimum Gasteiger partial charge on any atom is -0.465 e. The molecule has 248 valence electrons. The first-order chi connectivity index (χ1) is 17.5. The zero-order chi connectivity index (χ0) is 29.9. The van der Waals surface area contributed by atoms with Crippen molar-refractivity contribution in [3.05, 3.63) is 0 Å². The number of rotatable bonds is 14. The first-order valence-electron chi connectivity index (χ1n) is 12.3. The Bertz CT molecular complexity index is 475. The molecule has 5 N–H and O–H groups in total. The maximum Gasteiger partial charge on any atom is 0.320 e. The molecule has 0 aliphatic carbocycles. The van der Waals surface area contributed by atoms with Crippen LogP contribution in [-0.2, 0) is 38.1 Å². The van der Waals surface area contributed by atoms with Crippen molar-refractivity contribution >= 4 is 36.8 Å². The molecule has 0 spiro atoms. The highest BCUT2D eigenvalue weighted by Crippen LogP contribution is 1.85. The van der Waals surface area contributed by atoms with Gasteiger partial charge in [-0.05, 0) is 53.9 Å². The third-order valence-corrected chi connectivity index (χ3v) is 2.85. The summed E-state index contributed by atoms with van der Waals surface area (Å²) in [5.41, 5.74) is 9.62. The van der Waals surface area contributed by atoms with Gasteiger partial charge in [-0.1, -0.05) is 42.5 Å². The van der Waals surface area contributed by atoms with Gasteiger partial charge in [-0.2, -0.15) is 0 Å². The lowest BCUT2D eigenvalue weighted by molar-refractivity contribution is -0.145. The number of esters is 3. The predicted molar refractivity (Wildman–Crippen MR) is 164 cm³/mol. The molecule has 0 unspecified atom stereocenters. The molecule has 14 heteroatoms. The smallest absolute Gasteiger partial charge is 0.320 e. The molecule has 0 radical (unpaired) electrons. The number of nitrogens with two attached hydrogens (primary N) is 2. The van der Waals surface area contributed by atoms with E-state index in [4.69, 9.17) is 25.1 Å². The minimum absolute atomic E-state index is 0. The van der Waals surface area contributed by atoms with E-state index in [9.17, 15) is 14.4 Å². The van der Waals surface area contributed by atoms with Crippen molar-refractivity contribution in [2.75, 3.05) is 81.0 Å². The number of carbonyl (C=O) groups is 4. The molecule has 0 aromatic rings. The largest absolute Gasteiger partial charge is 0.465 e. The minimum atomic E-state index is -0.327. The van der Waals surface area contributed by atoms with Crippen LogP contribution in [0.25, 0.3) is 0 Å². The molecule has 0 bridgehead atoms. The van der Waals surface area contributed by atoms with Gasteiger partial charge < -0.3 is 29.8 Å². The Morgan fingerprint density at radius 1 is 0.700 bits per heavy atom. The van der Waals surface area contributed by atoms with E-state index in [1.54, 1.807) is 9.80 Å². The standard InChI is InChI=1S/2C7H15NO2.C5H11NO2.C3H8O.C2H5NO2.2CH4.ClH/c2*1-4-5-10-7(9)6-8(2)3;1-2-3-8-5(7)4-6;1-2-3-4;3-1-5-2-4;;;/h2*4-6H2,1-3H3;2-4,6H2,1H3;4H,2-3H2,1H3;2H,1,3H2;2*1H4;1H. The summed E-state index contributed by atoms with van der Waals surface area (Å²) in [5.74, 6) is -0.620. The van der Waals surface area contributed by atoms with Crippen molar-refractivity contribution in [2.24, 2.45) is 11.5 Å². The molecule has 0 aromatic carbocycles. The molecule has 13 nitrogen and oxygen atoms in total. The summed E-state index contributed by atoms with van der Waals surface area (Å²) >= 11 is 0. The summed E-state index contributed by atoms with van der Waals surface area (Å²) in [6.45, 7) is 10.7. The maximum absolute atomic E-state index is 10.7. The molecule has 0 rings (SSSR count). The summed E-state index contributed by atoms with van der Waals surface area (Å²) in [5, 5.41) is 7.88. The highest BCUT2D eigenvalue weighted by atomic mass is 35.5. The molecular formula is C26H63ClN4O9. The topological polar surface area (TPSA) is 184 Å². The van der Waals surface area contributed by atoms with Gasteiger partial charge in [-0.15, -0.1) is 12.4 Å². The zero-order valence-electron chi connectivity index (χ0n) is 24.7. The van der Waals surface area contributed by atoms with E-state index in [2.05, 4.69) is 15.2 Å². The Kier molecular flexibility index (Phi) is 76.9. The first-order valence-corrected chi connectivity index (χ1v) is 12.3. The molecule has 0 heterocycles. The van der Waals surface area contributed by atoms with Crippen LogP contribution in [0.1, 0.15) is 68.2 Å². The fourth-order valence-electron chi connectivity index (χ4n) is 1.35.